The van der Waals surface area contributed by atoms with Gasteiger partial charge in [-0.15, -0.1) is 0 Å². The van der Waals surface area contributed by atoms with Crippen molar-refractivity contribution in [2.75, 3.05) is 5.75 Å². The predicted octanol–water partition coefficient (Wildman–Crippen LogP) is 5.03. The van der Waals surface area contributed by atoms with E-state index in [1.807, 2.05) is 0 Å². The zero-order valence-electron chi connectivity index (χ0n) is 15.4. The summed E-state index contributed by atoms with van der Waals surface area (Å²) in [4.78, 5) is 3.99. The van der Waals surface area contributed by atoms with Gasteiger partial charge in [-0.05, 0) is 58.1 Å². The van der Waals surface area contributed by atoms with Gasteiger partial charge in [-0.1, -0.05) is 19.3 Å². The van der Waals surface area contributed by atoms with E-state index in [1.165, 1.54) is 6.92 Å². The fourth-order valence-corrected chi connectivity index (χ4v) is 3.73. The molecule has 0 spiro atoms. The lowest BCUT2D eigenvalue weighted by Crippen LogP contribution is -2.17. The molecule has 1 rings (SSSR count). The Morgan fingerprint density at radius 1 is 1.00 bits per heavy atom. The largest absolute Gasteiger partial charge is 0.418 e. The number of alkyl halides is 3. The molecule has 0 unspecified atom stereocenters. The first kappa shape index (κ1) is 21.9. The lowest BCUT2D eigenvalue weighted by Gasteiger charge is -2.14. The quantitative estimate of drug-likeness (QED) is 0.565. The number of nitrogens with zero attached hydrogens (tertiary/aromatic N) is 1. The maximum absolute atomic E-state index is 12.8. The van der Waals surface area contributed by atoms with Gasteiger partial charge in [-0.25, -0.2) is 8.42 Å². The maximum Gasteiger partial charge on any atom is 0.418 e. The lowest BCUT2D eigenvalue weighted by atomic mass is 10.00. The molecule has 1 aromatic rings. The maximum atomic E-state index is 12.8. The van der Waals surface area contributed by atoms with Crippen LogP contribution in [-0.4, -0.2) is 24.4 Å². The van der Waals surface area contributed by atoms with Crippen molar-refractivity contribution in [2.24, 2.45) is 0 Å². The first-order chi connectivity index (χ1) is 11.5. The Hall–Kier alpha value is -1.11. The summed E-state index contributed by atoms with van der Waals surface area (Å²) in [6.07, 6.45) is 1.41. The Labute approximate surface area is 149 Å². The van der Waals surface area contributed by atoms with Crippen molar-refractivity contribution in [1.29, 1.82) is 0 Å². The fourth-order valence-electron chi connectivity index (χ4n) is 2.65. The number of pyridine rings is 1. The Balaban J connectivity index is 2.39. The number of unbranched alkanes of at least 4 members (excludes halogenated alkanes) is 4. The van der Waals surface area contributed by atoms with Crippen LogP contribution in [0.3, 0.4) is 0 Å². The molecule has 0 saturated heterocycles. The number of rotatable bonds is 9. The van der Waals surface area contributed by atoms with E-state index in [4.69, 9.17) is 0 Å². The van der Waals surface area contributed by atoms with Gasteiger partial charge in [-0.2, -0.15) is 13.2 Å². The molecule has 0 fully saturated rings. The van der Waals surface area contributed by atoms with Crippen LogP contribution in [0.25, 0.3) is 0 Å². The van der Waals surface area contributed by atoms with Gasteiger partial charge in [0.25, 0.3) is 0 Å². The summed E-state index contributed by atoms with van der Waals surface area (Å²) < 4.78 is 61.9. The minimum absolute atomic E-state index is 0.226. The van der Waals surface area contributed by atoms with Crippen LogP contribution < -0.4 is 0 Å². The Morgan fingerprint density at radius 2 is 1.56 bits per heavy atom. The molecule has 0 saturated carbocycles. The molecule has 0 radical (unpaired) electrons. The highest BCUT2D eigenvalue weighted by Crippen LogP contribution is 2.33. The van der Waals surface area contributed by atoms with Crippen molar-refractivity contribution >= 4 is 9.84 Å². The lowest BCUT2D eigenvalue weighted by molar-refractivity contribution is -0.138. The van der Waals surface area contributed by atoms with Crippen molar-refractivity contribution in [3.8, 4) is 0 Å². The monoisotopic (exact) mass is 379 g/mol. The van der Waals surface area contributed by atoms with Crippen LogP contribution in [0.1, 0.15) is 68.3 Å². The van der Waals surface area contributed by atoms with Gasteiger partial charge in [0.05, 0.1) is 16.6 Å². The van der Waals surface area contributed by atoms with E-state index < -0.39 is 21.6 Å². The Bertz CT molecular complexity index is 668. The zero-order valence-corrected chi connectivity index (χ0v) is 16.2. The first-order valence-corrected chi connectivity index (χ1v) is 10.4. The van der Waals surface area contributed by atoms with Crippen molar-refractivity contribution in [1.82, 2.24) is 4.98 Å². The van der Waals surface area contributed by atoms with Gasteiger partial charge in [0.1, 0.15) is 0 Å². The standard InChI is InChI=1S/C18H28F3NO2S/c1-13(2)25(23,24)11-9-7-5-6-8-10-17-15(4)14(3)16(12-22-17)18(19,20)21/h12-13H,5-11H2,1-4H3. The van der Waals surface area contributed by atoms with Gasteiger partial charge in [0, 0.05) is 11.9 Å². The van der Waals surface area contributed by atoms with E-state index in [0.29, 0.717) is 24.1 Å². The topological polar surface area (TPSA) is 47.0 Å². The summed E-state index contributed by atoms with van der Waals surface area (Å²) in [6.45, 7) is 6.55. The smallest absolute Gasteiger partial charge is 0.260 e. The average Bonchev–Trinajstić information content (AvgIpc) is 2.48. The molecule has 144 valence electrons. The molecule has 3 nitrogen and oxygen atoms in total. The minimum Gasteiger partial charge on any atom is -0.260 e. The molecule has 0 atom stereocenters. The van der Waals surface area contributed by atoms with Crippen molar-refractivity contribution in [3.63, 3.8) is 0 Å². The highest BCUT2D eigenvalue weighted by atomic mass is 32.2. The van der Waals surface area contributed by atoms with Gasteiger partial charge in [0.15, 0.2) is 9.84 Å². The number of aryl methyl sites for hydroxylation is 1. The molecule has 0 aliphatic heterocycles. The summed E-state index contributed by atoms with van der Waals surface area (Å²) in [6, 6.07) is 0. The van der Waals surface area contributed by atoms with E-state index in [1.54, 1.807) is 20.8 Å². The highest BCUT2D eigenvalue weighted by molar-refractivity contribution is 7.91. The number of sulfone groups is 1. The molecule has 1 heterocycles. The zero-order chi connectivity index (χ0) is 19.3. The van der Waals surface area contributed by atoms with Crippen LogP contribution in [0.15, 0.2) is 6.20 Å². The van der Waals surface area contributed by atoms with Crippen LogP contribution in [0.2, 0.25) is 0 Å². The van der Waals surface area contributed by atoms with E-state index in [-0.39, 0.29) is 16.6 Å². The van der Waals surface area contributed by atoms with Crippen molar-refractivity contribution in [2.45, 2.75) is 77.6 Å². The Morgan fingerprint density at radius 3 is 2.12 bits per heavy atom. The first-order valence-electron chi connectivity index (χ1n) is 8.70. The number of hydrogen-bond donors (Lipinski definition) is 0. The van der Waals surface area contributed by atoms with Crippen molar-refractivity contribution < 1.29 is 21.6 Å². The minimum atomic E-state index is -4.36. The van der Waals surface area contributed by atoms with Crippen LogP contribution in [-0.2, 0) is 22.4 Å². The SMILES string of the molecule is Cc1c(C(F)(F)F)cnc(CCCCCCCS(=O)(=O)C(C)C)c1C. The number of aromatic nitrogens is 1. The number of halogens is 3. The average molecular weight is 379 g/mol. The van der Waals surface area contributed by atoms with Gasteiger partial charge in [-0.3, -0.25) is 4.98 Å². The Kier molecular flexibility index (Phi) is 7.90. The molecular weight excluding hydrogens is 351 g/mol. The van der Waals surface area contributed by atoms with Gasteiger partial charge >= 0.3 is 6.18 Å². The summed E-state index contributed by atoms with van der Waals surface area (Å²) in [7, 11) is -2.96. The van der Waals surface area contributed by atoms with E-state index >= 15 is 0 Å². The van der Waals surface area contributed by atoms with Gasteiger partial charge < -0.3 is 0 Å². The second-order valence-electron chi connectivity index (χ2n) is 6.80. The third-order valence-electron chi connectivity index (χ3n) is 4.61. The summed E-state index contributed by atoms with van der Waals surface area (Å²) in [5.74, 6) is 0.226. The molecule has 1 aromatic heterocycles. The molecule has 0 amide bonds. The normalized spacial score (nSPS) is 12.8. The van der Waals surface area contributed by atoms with Crippen molar-refractivity contribution in [3.05, 3.63) is 28.6 Å². The van der Waals surface area contributed by atoms with E-state index in [9.17, 15) is 21.6 Å². The molecule has 0 N–H and O–H groups in total. The third-order valence-corrected chi connectivity index (χ3v) is 6.91. The molecule has 25 heavy (non-hydrogen) atoms. The molecule has 0 bridgehead atoms. The molecule has 0 aliphatic rings. The number of hydrogen-bond acceptors (Lipinski definition) is 3. The molecule has 0 aliphatic carbocycles. The third kappa shape index (κ3) is 6.60. The second-order valence-corrected chi connectivity index (χ2v) is 9.48. The summed E-state index contributed by atoms with van der Waals surface area (Å²) in [5.41, 5.74) is 0.905. The second kappa shape index (κ2) is 9.01. The summed E-state index contributed by atoms with van der Waals surface area (Å²) >= 11 is 0. The van der Waals surface area contributed by atoms with Crippen LogP contribution in [0, 0.1) is 13.8 Å². The van der Waals surface area contributed by atoms with Gasteiger partial charge in [0.2, 0.25) is 0 Å². The van der Waals surface area contributed by atoms with E-state index in [0.717, 1.165) is 31.9 Å². The molecule has 7 heteroatoms. The fraction of sp³-hybridized carbons (Fsp3) is 0.722. The van der Waals surface area contributed by atoms with Crippen LogP contribution >= 0.6 is 0 Å². The highest BCUT2D eigenvalue weighted by Gasteiger charge is 2.33. The molecule has 0 aromatic carbocycles. The summed E-state index contributed by atoms with van der Waals surface area (Å²) in [5, 5.41) is -0.329. The van der Waals surface area contributed by atoms with E-state index in [2.05, 4.69) is 4.98 Å². The van der Waals surface area contributed by atoms with Crippen LogP contribution in [0.5, 0.6) is 0 Å². The van der Waals surface area contributed by atoms with Crippen LogP contribution in [0.4, 0.5) is 13.2 Å². The predicted molar refractivity (Wildman–Crippen MR) is 94.4 cm³/mol. The molecular formula is C18H28F3NO2S.